The molecule has 0 spiro atoms. The topological polar surface area (TPSA) is 85.1 Å². The number of aromatic nitrogens is 4. The first-order valence-electron chi connectivity index (χ1n) is 11.0. The normalized spacial score (nSPS) is 14.6. The Balaban J connectivity index is 1.48. The molecule has 9 heteroatoms. The second-order valence-corrected chi connectivity index (χ2v) is 7.97. The molecule has 1 saturated heterocycles. The van der Waals surface area contributed by atoms with Crippen molar-refractivity contribution in [3.63, 3.8) is 0 Å². The molecule has 3 heterocycles. The first kappa shape index (κ1) is 21.1. The molecule has 5 rings (SSSR count). The number of hydrogen-bond acceptors (Lipinski definition) is 7. The average Bonchev–Trinajstić information content (AvgIpc) is 3.12. The molecule has 0 atom stereocenters. The maximum absolute atomic E-state index is 13.2. The van der Waals surface area contributed by atoms with Gasteiger partial charge in [0.05, 0.1) is 18.2 Å². The number of carbonyl (C=O) groups is 1. The molecule has 2 aromatic carbocycles. The van der Waals surface area contributed by atoms with Gasteiger partial charge < -0.3 is 19.3 Å². The molecule has 9 nitrogen and oxygen atoms in total. The molecule has 1 aliphatic rings. The van der Waals surface area contributed by atoms with Crippen molar-refractivity contribution in [2.45, 2.75) is 13.0 Å². The first-order valence-corrected chi connectivity index (χ1v) is 11.0. The van der Waals surface area contributed by atoms with Crippen LogP contribution in [0.15, 0.2) is 48.5 Å². The van der Waals surface area contributed by atoms with Crippen LogP contribution in [0, 0.1) is 0 Å². The molecule has 0 N–H and O–H groups in total. The Morgan fingerprint density at radius 1 is 0.970 bits per heavy atom. The highest BCUT2D eigenvalue weighted by Gasteiger charge is 2.25. The van der Waals surface area contributed by atoms with Crippen molar-refractivity contribution in [3.8, 4) is 5.75 Å². The summed E-state index contributed by atoms with van der Waals surface area (Å²) in [6.45, 7) is 2.99. The zero-order valence-electron chi connectivity index (χ0n) is 18.8. The Labute approximate surface area is 191 Å². The lowest BCUT2D eigenvalue weighted by atomic mass is 10.1. The summed E-state index contributed by atoms with van der Waals surface area (Å²) < 4.78 is 12.7. The lowest BCUT2D eigenvalue weighted by Crippen LogP contribution is -2.36. The molecule has 1 aliphatic heterocycles. The van der Waals surface area contributed by atoms with E-state index in [0.717, 1.165) is 35.5 Å². The molecule has 1 amide bonds. The summed E-state index contributed by atoms with van der Waals surface area (Å²) in [4.78, 5) is 22.3. The van der Waals surface area contributed by atoms with E-state index in [1.807, 2.05) is 57.8 Å². The van der Waals surface area contributed by atoms with E-state index >= 15 is 0 Å². The average molecular weight is 447 g/mol. The van der Waals surface area contributed by atoms with Gasteiger partial charge >= 0.3 is 0 Å². The monoisotopic (exact) mass is 446 g/mol. The predicted octanol–water partition coefficient (Wildman–Crippen LogP) is 2.79. The van der Waals surface area contributed by atoms with Gasteiger partial charge in [-0.1, -0.05) is 24.3 Å². The zero-order chi connectivity index (χ0) is 22.8. The molecule has 0 radical (unpaired) electrons. The summed E-state index contributed by atoms with van der Waals surface area (Å²) in [6.07, 6.45) is 0.818. The minimum Gasteiger partial charge on any atom is -0.496 e. The Bertz CT molecular complexity index is 1300. The molecular weight excluding hydrogens is 420 g/mol. The third-order valence-electron chi connectivity index (χ3n) is 5.97. The highest BCUT2D eigenvalue weighted by molar-refractivity contribution is 5.97. The number of rotatable bonds is 5. The molecule has 33 heavy (non-hydrogen) atoms. The summed E-state index contributed by atoms with van der Waals surface area (Å²) in [5.74, 6) is 2.05. The second-order valence-electron chi connectivity index (χ2n) is 7.97. The molecule has 0 unspecified atom stereocenters. The van der Waals surface area contributed by atoms with E-state index in [2.05, 4.69) is 15.1 Å². The van der Waals surface area contributed by atoms with Crippen molar-refractivity contribution in [1.82, 2.24) is 24.5 Å². The van der Waals surface area contributed by atoms with Crippen LogP contribution >= 0.6 is 0 Å². The fourth-order valence-corrected chi connectivity index (χ4v) is 4.37. The summed E-state index contributed by atoms with van der Waals surface area (Å²) in [5.41, 5.74) is 2.21. The van der Waals surface area contributed by atoms with E-state index in [0.29, 0.717) is 43.4 Å². The number of anilines is 1. The van der Waals surface area contributed by atoms with Gasteiger partial charge in [-0.25, -0.2) is 9.38 Å². The lowest BCUT2D eigenvalue weighted by molar-refractivity contribution is 0.0763. The van der Waals surface area contributed by atoms with Gasteiger partial charge in [-0.05, 0) is 30.7 Å². The van der Waals surface area contributed by atoms with Gasteiger partial charge in [0.2, 0.25) is 5.95 Å². The molecule has 170 valence electrons. The molecule has 0 aliphatic carbocycles. The summed E-state index contributed by atoms with van der Waals surface area (Å²) in [5, 5.41) is 9.74. The number of methoxy groups -OCH3 is 2. The van der Waals surface area contributed by atoms with Crippen LogP contribution in [0.5, 0.6) is 5.75 Å². The fourth-order valence-electron chi connectivity index (χ4n) is 4.37. The van der Waals surface area contributed by atoms with E-state index < -0.39 is 0 Å². The summed E-state index contributed by atoms with van der Waals surface area (Å²) in [7, 11) is 3.23. The van der Waals surface area contributed by atoms with Crippen LogP contribution in [0.4, 0.5) is 5.95 Å². The fraction of sp³-hybridized carbons (Fsp3) is 0.333. The minimum absolute atomic E-state index is 0.0183. The summed E-state index contributed by atoms with van der Waals surface area (Å²) in [6, 6.07) is 15.3. The standard InChI is InChI=1S/C24H26N6O3/c1-32-16-21-26-27-22-17-8-3-5-10-19(17)25-24(30(21)22)29-13-7-12-28(14-15-29)23(31)18-9-4-6-11-20(18)33-2/h3-6,8-11H,7,12-16H2,1-2H3. The molecule has 2 aromatic heterocycles. The van der Waals surface area contributed by atoms with Crippen molar-refractivity contribution >= 4 is 28.4 Å². The Morgan fingerprint density at radius 2 is 1.79 bits per heavy atom. The van der Waals surface area contributed by atoms with E-state index in [4.69, 9.17) is 14.5 Å². The molecule has 1 fully saturated rings. The zero-order valence-corrected chi connectivity index (χ0v) is 18.8. The van der Waals surface area contributed by atoms with Gasteiger partial charge in [0.1, 0.15) is 12.4 Å². The molecule has 0 bridgehead atoms. The quantitative estimate of drug-likeness (QED) is 0.466. The van der Waals surface area contributed by atoms with E-state index in [-0.39, 0.29) is 5.91 Å². The van der Waals surface area contributed by atoms with Crippen LogP contribution < -0.4 is 9.64 Å². The third-order valence-corrected chi connectivity index (χ3v) is 5.97. The van der Waals surface area contributed by atoms with Crippen LogP contribution in [0.25, 0.3) is 16.6 Å². The third kappa shape index (κ3) is 3.84. The van der Waals surface area contributed by atoms with Crippen molar-refractivity contribution in [2.24, 2.45) is 0 Å². The SMILES string of the molecule is COCc1nnc2c3ccccc3nc(N3CCCN(C(=O)c4ccccc4OC)CC3)n12. The second kappa shape index (κ2) is 9.03. The number of para-hydroxylation sites is 2. The number of ether oxygens (including phenoxy) is 2. The molecule has 4 aromatic rings. The van der Waals surface area contributed by atoms with Crippen molar-refractivity contribution in [1.29, 1.82) is 0 Å². The largest absolute Gasteiger partial charge is 0.496 e. The summed E-state index contributed by atoms with van der Waals surface area (Å²) >= 11 is 0. The van der Waals surface area contributed by atoms with Crippen LogP contribution in [0.3, 0.4) is 0 Å². The van der Waals surface area contributed by atoms with Gasteiger partial charge in [-0.3, -0.25) is 4.79 Å². The van der Waals surface area contributed by atoms with Gasteiger partial charge in [0, 0.05) is 38.7 Å². The molecule has 0 saturated carbocycles. The Morgan fingerprint density at radius 3 is 2.64 bits per heavy atom. The maximum Gasteiger partial charge on any atom is 0.257 e. The van der Waals surface area contributed by atoms with Crippen LogP contribution in [0.1, 0.15) is 22.6 Å². The first-order chi connectivity index (χ1) is 16.2. The number of carbonyl (C=O) groups excluding carboxylic acids is 1. The van der Waals surface area contributed by atoms with Crippen molar-refractivity contribution in [2.75, 3.05) is 45.3 Å². The predicted molar refractivity (Wildman–Crippen MR) is 125 cm³/mol. The van der Waals surface area contributed by atoms with Crippen LogP contribution in [-0.2, 0) is 11.3 Å². The number of amides is 1. The highest BCUT2D eigenvalue weighted by Crippen LogP contribution is 2.26. The Hall–Kier alpha value is -3.72. The minimum atomic E-state index is -0.0183. The van der Waals surface area contributed by atoms with Gasteiger partial charge in [0.15, 0.2) is 11.5 Å². The highest BCUT2D eigenvalue weighted by atomic mass is 16.5. The van der Waals surface area contributed by atoms with Crippen LogP contribution in [-0.4, -0.2) is 70.8 Å². The van der Waals surface area contributed by atoms with Crippen LogP contribution in [0.2, 0.25) is 0 Å². The van der Waals surface area contributed by atoms with Gasteiger partial charge in [-0.15, -0.1) is 10.2 Å². The van der Waals surface area contributed by atoms with Crippen molar-refractivity contribution in [3.05, 3.63) is 59.9 Å². The van der Waals surface area contributed by atoms with Crippen molar-refractivity contribution < 1.29 is 14.3 Å². The number of fused-ring (bicyclic) bond motifs is 3. The Kier molecular flexibility index (Phi) is 5.78. The van der Waals surface area contributed by atoms with E-state index in [1.54, 1.807) is 14.2 Å². The van der Waals surface area contributed by atoms with Gasteiger partial charge in [0.25, 0.3) is 5.91 Å². The number of hydrogen-bond donors (Lipinski definition) is 0. The lowest BCUT2D eigenvalue weighted by Gasteiger charge is -2.24. The molecular formula is C24H26N6O3. The number of nitrogens with zero attached hydrogens (tertiary/aromatic N) is 6. The van der Waals surface area contributed by atoms with E-state index in [9.17, 15) is 4.79 Å². The smallest absolute Gasteiger partial charge is 0.257 e. The number of benzene rings is 2. The van der Waals surface area contributed by atoms with Gasteiger partial charge in [-0.2, -0.15) is 0 Å². The maximum atomic E-state index is 13.2. The van der Waals surface area contributed by atoms with E-state index in [1.165, 1.54) is 0 Å².